The normalized spacial score (nSPS) is 12.9. The highest BCUT2D eigenvalue weighted by molar-refractivity contribution is 7.80. The molecular formula is C12H16Cl2OS. The summed E-state index contributed by atoms with van der Waals surface area (Å²) in [6.07, 6.45) is 0. The van der Waals surface area contributed by atoms with E-state index in [1.807, 2.05) is 0 Å². The first kappa shape index (κ1) is 14.0. The first-order chi connectivity index (χ1) is 7.56. The highest BCUT2D eigenvalue weighted by atomic mass is 35.5. The van der Waals surface area contributed by atoms with Gasteiger partial charge < -0.3 is 4.74 Å². The molecule has 90 valence electrons. The second kappa shape index (κ2) is 6.63. The van der Waals surface area contributed by atoms with E-state index in [1.54, 1.807) is 18.2 Å². The van der Waals surface area contributed by atoms with Crippen LogP contribution < -0.4 is 4.74 Å². The van der Waals surface area contributed by atoms with E-state index in [2.05, 4.69) is 26.5 Å². The van der Waals surface area contributed by atoms with E-state index in [1.165, 1.54) is 0 Å². The van der Waals surface area contributed by atoms with Crippen LogP contribution in [0.3, 0.4) is 0 Å². The zero-order chi connectivity index (χ0) is 12.1. The molecule has 16 heavy (non-hydrogen) atoms. The fourth-order valence-electron chi connectivity index (χ4n) is 1.27. The fourth-order valence-corrected chi connectivity index (χ4v) is 2.30. The lowest BCUT2D eigenvalue weighted by molar-refractivity contribution is 0.227. The van der Waals surface area contributed by atoms with Gasteiger partial charge in [0.05, 0.1) is 16.7 Å². The van der Waals surface area contributed by atoms with Gasteiger partial charge in [0.15, 0.2) is 5.75 Å². The zero-order valence-corrected chi connectivity index (χ0v) is 11.8. The molecule has 4 heteroatoms. The second-order valence-corrected chi connectivity index (χ2v) is 5.23. The molecule has 0 aromatic heterocycles. The summed E-state index contributed by atoms with van der Waals surface area (Å²) < 4.78 is 5.67. The molecule has 1 atom stereocenters. The Morgan fingerprint density at radius 2 is 1.81 bits per heavy atom. The number of benzene rings is 1. The summed E-state index contributed by atoms with van der Waals surface area (Å²) in [4.78, 5) is 0. The largest absolute Gasteiger partial charge is 0.490 e. The van der Waals surface area contributed by atoms with E-state index in [0.29, 0.717) is 34.2 Å². The SMILES string of the molecule is CC(C)C(CS)COc1c(Cl)cccc1Cl. The molecule has 0 aliphatic heterocycles. The molecule has 0 N–H and O–H groups in total. The van der Waals surface area contributed by atoms with Crippen LogP contribution in [-0.2, 0) is 0 Å². The van der Waals surface area contributed by atoms with Crippen molar-refractivity contribution in [2.45, 2.75) is 13.8 Å². The molecule has 1 rings (SSSR count). The molecule has 0 radical (unpaired) electrons. The molecule has 0 bridgehead atoms. The monoisotopic (exact) mass is 278 g/mol. The highest BCUT2D eigenvalue weighted by Gasteiger charge is 2.14. The first-order valence-electron chi connectivity index (χ1n) is 5.24. The molecule has 1 unspecified atom stereocenters. The van der Waals surface area contributed by atoms with Crippen LogP contribution in [0.5, 0.6) is 5.75 Å². The van der Waals surface area contributed by atoms with Gasteiger partial charge in [0, 0.05) is 5.92 Å². The van der Waals surface area contributed by atoms with Crippen LogP contribution in [0, 0.1) is 11.8 Å². The van der Waals surface area contributed by atoms with Crippen molar-refractivity contribution in [2.75, 3.05) is 12.4 Å². The molecule has 0 heterocycles. The Labute approximate surface area is 112 Å². The Morgan fingerprint density at radius 1 is 1.25 bits per heavy atom. The number of para-hydroxylation sites is 1. The van der Waals surface area contributed by atoms with Crippen LogP contribution >= 0.6 is 35.8 Å². The van der Waals surface area contributed by atoms with Crippen LogP contribution in [0.1, 0.15) is 13.8 Å². The second-order valence-electron chi connectivity index (χ2n) is 4.05. The van der Waals surface area contributed by atoms with Crippen LogP contribution in [0.25, 0.3) is 0 Å². The average Bonchev–Trinajstić information content (AvgIpc) is 2.22. The molecule has 0 aliphatic rings. The standard InChI is InChI=1S/C12H16Cl2OS/c1-8(2)9(7-16)6-15-12-10(13)4-3-5-11(12)14/h3-5,8-9,16H,6-7H2,1-2H3. The van der Waals surface area contributed by atoms with Crippen molar-refractivity contribution in [3.63, 3.8) is 0 Å². The molecule has 1 aromatic carbocycles. The summed E-state index contributed by atoms with van der Waals surface area (Å²) in [5.74, 6) is 2.28. The van der Waals surface area contributed by atoms with E-state index in [9.17, 15) is 0 Å². The maximum absolute atomic E-state index is 6.01. The van der Waals surface area contributed by atoms with Crippen LogP contribution in [0.2, 0.25) is 10.0 Å². The first-order valence-corrected chi connectivity index (χ1v) is 6.62. The van der Waals surface area contributed by atoms with E-state index in [-0.39, 0.29) is 0 Å². The van der Waals surface area contributed by atoms with Crippen molar-refractivity contribution < 1.29 is 4.74 Å². The number of thiol groups is 1. The van der Waals surface area contributed by atoms with Gasteiger partial charge in [-0.3, -0.25) is 0 Å². The maximum atomic E-state index is 6.01. The van der Waals surface area contributed by atoms with Crippen molar-refractivity contribution >= 4 is 35.8 Å². The number of ether oxygens (including phenoxy) is 1. The minimum absolute atomic E-state index is 0.399. The number of hydrogen-bond donors (Lipinski definition) is 1. The van der Waals surface area contributed by atoms with Crippen molar-refractivity contribution in [2.24, 2.45) is 11.8 Å². The smallest absolute Gasteiger partial charge is 0.156 e. The molecule has 0 saturated heterocycles. The van der Waals surface area contributed by atoms with Crippen molar-refractivity contribution in [3.05, 3.63) is 28.2 Å². The Morgan fingerprint density at radius 3 is 2.25 bits per heavy atom. The summed E-state index contributed by atoms with van der Waals surface area (Å²) >= 11 is 16.3. The molecule has 0 aliphatic carbocycles. The number of hydrogen-bond acceptors (Lipinski definition) is 2. The molecule has 0 saturated carbocycles. The molecular weight excluding hydrogens is 263 g/mol. The average molecular weight is 279 g/mol. The summed E-state index contributed by atoms with van der Waals surface area (Å²) in [6.45, 7) is 4.89. The number of halogens is 2. The summed E-state index contributed by atoms with van der Waals surface area (Å²) in [5.41, 5.74) is 0. The lowest BCUT2D eigenvalue weighted by Gasteiger charge is -2.19. The predicted octanol–water partition coefficient (Wildman–Crippen LogP) is 4.57. The Balaban J connectivity index is 2.67. The minimum Gasteiger partial charge on any atom is -0.490 e. The van der Waals surface area contributed by atoms with Gasteiger partial charge in [-0.1, -0.05) is 43.1 Å². The van der Waals surface area contributed by atoms with Gasteiger partial charge in [0.2, 0.25) is 0 Å². The van der Waals surface area contributed by atoms with Crippen molar-refractivity contribution in [3.8, 4) is 5.75 Å². The third-order valence-electron chi connectivity index (χ3n) is 2.54. The Bertz CT molecular complexity index is 322. The molecule has 0 amide bonds. The van der Waals surface area contributed by atoms with Crippen LogP contribution in [0.4, 0.5) is 0 Å². The maximum Gasteiger partial charge on any atom is 0.156 e. The summed E-state index contributed by atoms with van der Waals surface area (Å²) in [5, 5.41) is 1.10. The van der Waals surface area contributed by atoms with Crippen LogP contribution in [-0.4, -0.2) is 12.4 Å². The van der Waals surface area contributed by atoms with E-state index in [4.69, 9.17) is 27.9 Å². The van der Waals surface area contributed by atoms with Gasteiger partial charge >= 0.3 is 0 Å². The third-order valence-corrected chi connectivity index (χ3v) is 3.60. The molecule has 1 aromatic rings. The molecule has 0 spiro atoms. The lowest BCUT2D eigenvalue weighted by atomic mass is 9.99. The zero-order valence-electron chi connectivity index (χ0n) is 9.41. The minimum atomic E-state index is 0.399. The van der Waals surface area contributed by atoms with Gasteiger partial charge in [0.25, 0.3) is 0 Å². The topological polar surface area (TPSA) is 9.23 Å². The van der Waals surface area contributed by atoms with Gasteiger partial charge in [0.1, 0.15) is 0 Å². The van der Waals surface area contributed by atoms with Crippen molar-refractivity contribution in [1.29, 1.82) is 0 Å². The number of rotatable bonds is 5. The Kier molecular flexibility index (Phi) is 5.81. The van der Waals surface area contributed by atoms with Gasteiger partial charge in [-0.15, -0.1) is 0 Å². The van der Waals surface area contributed by atoms with Crippen molar-refractivity contribution in [1.82, 2.24) is 0 Å². The lowest BCUT2D eigenvalue weighted by Crippen LogP contribution is -2.19. The van der Waals surface area contributed by atoms with Gasteiger partial charge in [-0.2, -0.15) is 12.6 Å². The summed E-state index contributed by atoms with van der Waals surface area (Å²) in [6, 6.07) is 5.34. The third kappa shape index (κ3) is 3.76. The highest BCUT2D eigenvalue weighted by Crippen LogP contribution is 2.33. The van der Waals surface area contributed by atoms with Crippen LogP contribution in [0.15, 0.2) is 18.2 Å². The summed E-state index contributed by atoms with van der Waals surface area (Å²) in [7, 11) is 0. The molecule has 1 nitrogen and oxygen atoms in total. The van der Waals surface area contributed by atoms with E-state index in [0.717, 1.165) is 5.75 Å². The van der Waals surface area contributed by atoms with Gasteiger partial charge in [-0.05, 0) is 23.8 Å². The predicted molar refractivity (Wildman–Crippen MR) is 74.1 cm³/mol. The quantitative estimate of drug-likeness (QED) is 0.776. The fraction of sp³-hybridized carbons (Fsp3) is 0.500. The molecule has 0 fully saturated rings. The van der Waals surface area contributed by atoms with Gasteiger partial charge in [-0.25, -0.2) is 0 Å². The Hall–Kier alpha value is -0.0500. The van der Waals surface area contributed by atoms with E-state index < -0.39 is 0 Å². The van der Waals surface area contributed by atoms with E-state index >= 15 is 0 Å².